The van der Waals surface area contributed by atoms with Crippen LogP contribution in [0.2, 0.25) is 0 Å². The second-order valence-electron chi connectivity index (χ2n) is 6.95. The van der Waals surface area contributed by atoms with Gasteiger partial charge in [-0.3, -0.25) is 0 Å². The number of benzene rings is 4. The lowest BCUT2D eigenvalue weighted by Gasteiger charge is -2.18. The van der Waals surface area contributed by atoms with E-state index >= 15 is 0 Å². The number of nitrogens with one attached hydrogen (secondary N) is 1. The quantitative estimate of drug-likeness (QED) is 0.409. The Hall–Kier alpha value is -3.45. The lowest BCUT2D eigenvalue weighted by Crippen LogP contribution is -2.05. The van der Waals surface area contributed by atoms with Crippen molar-refractivity contribution in [2.45, 2.75) is 6.42 Å². The molecule has 5 rings (SSSR count). The number of allylic oxidation sites excluding steroid dienone is 4. The molecule has 0 spiro atoms. The monoisotopic (exact) mass is 345 g/mol. The van der Waals surface area contributed by atoms with Crippen LogP contribution in [0.15, 0.2) is 97.1 Å². The zero-order valence-corrected chi connectivity index (χ0v) is 14.9. The highest BCUT2D eigenvalue weighted by molar-refractivity contribution is 6.29. The minimum absolute atomic E-state index is 0.660. The van der Waals surface area contributed by atoms with Gasteiger partial charge in [0.1, 0.15) is 0 Å². The van der Waals surface area contributed by atoms with Crippen LogP contribution in [0, 0.1) is 5.41 Å². The fourth-order valence-electron chi connectivity index (χ4n) is 3.99. The van der Waals surface area contributed by atoms with Gasteiger partial charge in [0, 0.05) is 17.7 Å². The van der Waals surface area contributed by atoms with Crippen LogP contribution in [0.4, 0.5) is 0 Å². The highest BCUT2D eigenvalue weighted by Crippen LogP contribution is 2.35. The summed E-state index contributed by atoms with van der Waals surface area (Å²) in [4.78, 5) is 0. The Balaban J connectivity index is 1.70. The van der Waals surface area contributed by atoms with Crippen molar-refractivity contribution in [1.29, 1.82) is 5.41 Å². The first kappa shape index (κ1) is 15.8. The molecule has 0 amide bonds. The van der Waals surface area contributed by atoms with Crippen LogP contribution in [-0.2, 0) is 0 Å². The number of hydrogen-bond acceptors (Lipinski definition) is 1. The Kier molecular flexibility index (Phi) is 3.72. The van der Waals surface area contributed by atoms with Crippen LogP contribution in [0.25, 0.3) is 32.7 Å². The molecule has 4 aromatic carbocycles. The van der Waals surface area contributed by atoms with Gasteiger partial charge in [0.05, 0.1) is 0 Å². The van der Waals surface area contributed by atoms with Crippen LogP contribution < -0.4 is 0 Å². The zero-order valence-electron chi connectivity index (χ0n) is 14.9. The van der Waals surface area contributed by atoms with Crippen molar-refractivity contribution in [3.63, 3.8) is 0 Å². The van der Waals surface area contributed by atoms with Gasteiger partial charge in [0.15, 0.2) is 0 Å². The Morgan fingerprint density at radius 1 is 0.593 bits per heavy atom. The van der Waals surface area contributed by atoms with E-state index in [2.05, 4.69) is 97.1 Å². The van der Waals surface area contributed by atoms with Crippen LogP contribution in [0.1, 0.15) is 17.5 Å². The minimum Gasteiger partial charge on any atom is -0.304 e. The van der Waals surface area contributed by atoms with Crippen molar-refractivity contribution >= 4 is 38.4 Å². The third-order valence-electron chi connectivity index (χ3n) is 5.33. The normalized spacial score (nSPS) is 14.3. The second-order valence-corrected chi connectivity index (χ2v) is 6.95. The Morgan fingerprint density at radius 2 is 1.15 bits per heavy atom. The summed E-state index contributed by atoms with van der Waals surface area (Å²) in [5.41, 5.74) is 5.28. The molecule has 1 heteroatoms. The van der Waals surface area contributed by atoms with Gasteiger partial charge >= 0.3 is 0 Å². The smallest absolute Gasteiger partial charge is 0.0430 e. The molecule has 0 radical (unpaired) electrons. The molecule has 0 heterocycles. The SMILES string of the molecule is N=C1CC=C(c2cccc3ccccc23)C=C1c1cccc2ccccc12. The van der Waals surface area contributed by atoms with E-state index in [0.717, 1.165) is 11.1 Å². The van der Waals surface area contributed by atoms with Crippen LogP contribution in [0.3, 0.4) is 0 Å². The fourth-order valence-corrected chi connectivity index (χ4v) is 3.99. The van der Waals surface area contributed by atoms with E-state index < -0.39 is 0 Å². The number of hydrogen-bond donors (Lipinski definition) is 1. The summed E-state index contributed by atoms with van der Waals surface area (Å²) in [6.45, 7) is 0. The summed E-state index contributed by atoms with van der Waals surface area (Å²) in [7, 11) is 0. The maximum atomic E-state index is 8.56. The van der Waals surface area contributed by atoms with Gasteiger partial charge in [0.25, 0.3) is 0 Å². The lowest BCUT2D eigenvalue weighted by atomic mass is 9.86. The molecule has 1 aliphatic rings. The number of fused-ring (bicyclic) bond motifs is 2. The molecule has 0 fully saturated rings. The summed E-state index contributed by atoms with van der Waals surface area (Å²) in [5.74, 6) is 0. The zero-order chi connectivity index (χ0) is 18.2. The van der Waals surface area contributed by atoms with Crippen molar-refractivity contribution in [1.82, 2.24) is 0 Å². The highest BCUT2D eigenvalue weighted by atomic mass is 14.4. The van der Waals surface area contributed by atoms with Crippen molar-refractivity contribution in [3.8, 4) is 0 Å². The Morgan fingerprint density at radius 3 is 1.85 bits per heavy atom. The van der Waals surface area contributed by atoms with E-state index in [1.807, 2.05) is 0 Å². The van der Waals surface area contributed by atoms with Crippen molar-refractivity contribution in [2.75, 3.05) is 0 Å². The van der Waals surface area contributed by atoms with E-state index in [1.54, 1.807) is 0 Å². The Bertz CT molecular complexity index is 1250. The highest BCUT2D eigenvalue weighted by Gasteiger charge is 2.17. The molecule has 1 N–H and O–H groups in total. The van der Waals surface area contributed by atoms with E-state index in [9.17, 15) is 0 Å². The van der Waals surface area contributed by atoms with Crippen LogP contribution >= 0.6 is 0 Å². The summed E-state index contributed by atoms with van der Waals surface area (Å²) in [5, 5.41) is 13.5. The molecule has 0 unspecified atom stereocenters. The van der Waals surface area contributed by atoms with Crippen LogP contribution in [0.5, 0.6) is 0 Å². The van der Waals surface area contributed by atoms with Crippen molar-refractivity contribution in [2.24, 2.45) is 0 Å². The van der Waals surface area contributed by atoms with Crippen molar-refractivity contribution in [3.05, 3.63) is 108 Å². The predicted molar refractivity (Wildman–Crippen MR) is 116 cm³/mol. The molecule has 27 heavy (non-hydrogen) atoms. The molecule has 0 aromatic heterocycles. The third-order valence-corrected chi connectivity index (χ3v) is 5.33. The first-order valence-electron chi connectivity index (χ1n) is 9.27. The molecule has 0 aliphatic heterocycles. The molecule has 4 aromatic rings. The Labute approximate surface area is 158 Å². The largest absolute Gasteiger partial charge is 0.304 e. The van der Waals surface area contributed by atoms with Crippen molar-refractivity contribution < 1.29 is 0 Å². The average molecular weight is 345 g/mol. The predicted octanol–water partition coefficient (Wildman–Crippen LogP) is 6.88. The molecule has 1 nitrogen and oxygen atoms in total. The van der Waals surface area contributed by atoms with Gasteiger partial charge < -0.3 is 5.41 Å². The molecule has 0 atom stereocenters. The molecule has 128 valence electrons. The van der Waals surface area contributed by atoms with Crippen LogP contribution in [-0.4, -0.2) is 5.71 Å². The topological polar surface area (TPSA) is 23.9 Å². The van der Waals surface area contributed by atoms with Gasteiger partial charge in [-0.05, 0) is 44.3 Å². The third kappa shape index (κ3) is 2.69. The molecule has 0 saturated heterocycles. The summed E-state index contributed by atoms with van der Waals surface area (Å²) >= 11 is 0. The maximum absolute atomic E-state index is 8.56. The number of rotatable bonds is 2. The van der Waals surface area contributed by atoms with E-state index in [4.69, 9.17) is 5.41 Å². The van der Waals surface area contributed by atoms with Gasteiger partial charge in [-0.25, -0.2) is 0 Å². The van der Waals surface area contributed by atoms with Gasteiger partial charge in [0.2, 0.25) is 0 Å². The summed E-state index contributed by atoms with van der Waals surface area (Å²) in [6.07, 6.45) is 5.03. The van der Waals surface area contributed by atoms with E-state index in [-0.39, 0.29) is 0 Å². The summed E-state index contributed by atoms with van der Waals surface area (Å²) < 4.78 is 0. The lowest BCUT2D eigenvalue weighted by molar-refractivity contribution is 1.37. The van der Waals surface area contributed by atoms with E-state index in [1.165, 1.54) is 32.7 Å². The molecular formula is C26H19N. The molecule has 0 saturated carbocycles. The minimum atomic E-state index is 0.660. The maximum Gasteiger partial charge on any atom is 0.0430 e. The van der Waals surface area contributed by atoms with Gasteiger partial charge in [-0.15, -0.1) is 0 Å². The molecule has 1 aliphatic carbocycles. The molecular weight excluding hydrogens is 326 g/mol. The van der Waals surface area contributed by atoms with E-state index in [0.29, 0.717) is 12.1 Å². The fraction of sp³-hybridized carbons (Fsp3) is 0.0385. The second kappa shape index (κ2) is 6.37. The van der Waals surface area contributed by atoms with Gasteiger partial charge in [-0.2, -0.15) is 0 Å². The van der Waals surface area contributed by atoms with Gasteiger partial charge in [-0.1, -0.05) is 91.0 Å². The average Bonchev–Trinajstić information content (AvgIpc) is 2.73. The summed E-state index contributed by atoms with van der Waals surface area (Å²) in [6, 6.07) is 29.7. The first-order valence-corrected chi connectivity index (χ1v) is 9.27. The molecule has 0 bridgehead atoms. The standard InChI is InChI=1S/C26H19N/c27-26-16-15-20(23-13-5-9-18-7-1-3-11-21(18)23)17-25(26)24-14-6-10-19-8-2-4-12-22(19)24/h1-15,17,27H,16H2. The first-order chi connectivity index (χ1) is 13.3.